The minimum Gasteiger partial charge on any atom is -0.338 e. The summed E-state index contributed by atoms with van der Waals surface area (Å²) >= 11 is 5.06. The summed E-state index contributed by atoms with van der Waals surface area (Å²) in [5.41, 5.74) is 1.26. The molecule has 0 saturated heterocycles. The third kappa shape index (κ3) is 1.59. The number of halogens is 1. The van der Waals surface area contributed by atoms with Gasteiger partial charge in [-0.3, -0.25) is 0 Å². The number of pyridine rings is 1. The normalized spacial score (nSPS) is 10.1. The van der Waals surface area contributed by atoms with Crippen molar-refractivity contribution < 1.29 is 4.39 Å². The van der Waals surface area contributed by atoms with Crippen molar-refractivity contribution in [2.75, 3.05) is 0 Å². The van der Waals surface area contributed by atoms with Crippen molar-refractivity contribution in [3.8, 4) is 11.1 Å². The van der Waals surface area contributed by atoms with E-state index in [2.05, 4.69) is 4.98 Å². The molecule has 0 spiro atoms. The second-order valence-corrected chi connectivity index (χ2v) is 3.34. The van der Waals surface area contributed by atoms with E-state index in [1.165, 1.54) is 6.20 Å². The Balaban J connectivity index is 2.69. The summed E-state index contributed by atoms with van der Waals surface area (Å²) in [6, 6.07) is 11.0. The maximum Gasteiger partial charge on any atom is 0.200 e. The number of aromatic nitrogens is 1. The summed E-state index contributed by atoms with van der Waals surface area (Å²) in [7, 11) is 0. The van der Waals surface area contributed by atoms with Crippen LogP contribution in [0.15, 0.2) is 42.6 Å². The predicted octanol–water partition coefficient (Wildman–Crippen LogP) is 3.55. The smallest absolute Gasteiger partial charge is 0.200 e. The Bertz CT molecular complexity index is 490. The zero-order chi connectivity index (χ0) is 9.97. The minimum atomic E-state index is -0.385. The van der Waals surface area contributed by atoms with Crippen molar-refractivity contribution in [1.29, 1.82) is 0 Å². The van der Waals surface area contributed by atoms with Gasteiger partial charge in [-0.05, 0) is 11.6 Å². The molecule has 0 aliphatic heterocycles. The Morgan fingerprint density at radius 1 is 1.07 bits per heavy atom. The van der Waals surface area contributed by atoms with Crippen molar-refractivity contribution >= 4 is 12.2 Å². The molecular weight excluding hydrogens is 197 g/mol. The van der Waals surface area contributed by atoms with Gasteiger partial charge in [-0.25, -0.2) is 0 Å². The van der Waals surface area contributed by atoms with Crippen LogP contribution in [0.2, 0.25) is 0 Å². The SMILES string of the molecule is Fc1[nH]ccc(=S)c1-c1ccccc1. The number of hydrogen-bond donors (Lipinski definition) is 1. The Hall–Kier alpha value is -1.48. The number of aromatic amines is 1. The lowest BCUT2D eigenvalue weighted by atomic mass is 10.1. The molecule has 70 valence electrons. The van der Waals surface area contributed by atoms with Crippen molar-refractivity contribution in [1.82, 2.24) is 4.98 Å². The molecule has 0 unspecified atom stereocenters. The highest BCUT2D eigenvalue weighted by Gasteiger charge is 2.05. The fraction of sp³-hybridized carbons (Fsp3) is 0. The van der Waals surface area contributed by atoms with Crippen molar-refractivity contribution in [3.63, 3.8) is 0 Å². The lowest BCUT2D eigenvalue weighted by Crippen LogP contribution is -1.88. The first kappa shape index (κ1) is 9.09. The predicted molar refractivity (Wildman–Crippen MR) is 57.0 cm³/mol. The van der Waals surface area contributed by atoms with E-state index in [1.54, 1.807) is 6.07 Å². The molecule has 14 heavy (non-hydrogen) atoms. The highest BCUT2D eigenvalue weighted by molar-refractivity contribution is 7.71. The van der Waals surface area contributed by atoms with Gasteiger partial charge < -0.3 is 4.98 Å². The lowest BCUT2D eigenvalue weighted by molar-refractivity contribution is 0.587. The topological polar surface area (TPSA) is 15.8 Å². The first-order chi connectivity index (χ1) is 6.79. The molecule has 1 nitrogen and oxygen atoms in total. The maximum absolute atomic E-state index is 13.4. The molecule has 0 aliphatic carbocycles. The monoisotopic (exact) mass is 205 g/mol. The summed E-state index contributed by atoms with van der Waals surface area (Å²) in [6.07, 6.45) is 1.50. The maximum atomic E-state index is 13.4. The third-order valence-electron chi connectivity index (χ3n) is 1.97. The summed E-state index contributed by atoms with van der Waals surface area (Å²) in [5, 5.41) is 0. The van der Waals surface area contributed by atoms with Gasteiger partial charge in [0.1, 0.15) is 0 Å². The Morgan fingerprint density at radius 2 is 1.79 bits per heavy atom. The van der Waals surface area contributed by atoms with Crippen LogP contribution >= 0.6 is 12.2 Å². The van der Waals surface area contributed by atoms with Gasteiger partial charge in [-0.2, -0.15) is 4.39 Å². The molecule has 0 bridgehead atoms. The molecule has 0 amide bonds. The summed E-state index contributed by atoms with van der Waals surface area (Å²) in [5.74, 6) is -0.385. The van der Waals surface area contributed by atoms with Gasteiger partial charge in [-0.1, -0.05) is 42.5 Å². The van der Waals surface area contributed by atoms with Crippen LogP contribution in [0.3, 0.4) is 0 Å². The van der Waals surface area contributed by atoms with Gasteiger partial charge >= 0.3 is 0 Å². The summed E-state index contributed by atoms with van der Waals surface area (Å²) in [4.78, 5) is 2.51. The molecule has 0 fully saturated rings. The quantitative estimate of drug-likeness (QED) is 0.556. The van der Waals surface area contributed by atoms with Crippen molar-refractivity contribution in [2.45, 2.75) is 0 Å². The molecule has 2 rings (SSSR count). The number of hydrogen-bond acceptors (Lipinski definition) is 1. The highest BCUT2D eigenvalue weighted by Crippen LogP contribution is 2.21. The lowest BCUT2D eigenvalue weighted by Gasteiger charge is -2.02. The van der Waals surface area contributed by atoms with Crippen LogP contribution in [0.25, 0.3) is 11.1 Å². The first-order valence-corrected chi connectivity index (χ1v) is 4.62. The van der Waals surface area contributed by atoms with Crippen LogP contribution in [0.1, 0.15) is 0 Å². The van der Waals surface area contributed by atoms with Gasteiger partial charge in [0.15, 0.2) is 5.95 Å². The first-order valence-electron chi connectivity index (χ1n) is 4.21. The van der Waals surface area contributed by atoms with Crippen molar-refractivity contribution in [3.05, 3.63) is 53.1 Å². The van der Waals surface area contributed by atoms with Crippen LogP contribution < -0.4 is 0 Å². The summed E-state index contributed by atoms with van der Waals surface area (Å²) < 4.78 is 13.9. The Morgan fingerprint density at radius 3 is 2.43 bits per heavy atom. The second-order valence-electron chi connectivity index (χ2n) is 2.90. The second kappa shape index (κ2) is 3.72. The molecule has 0 radical (unpaired) electrons. The van der Waals surface area contributed by atoms with E-state index >= 15 is 0 Å². The number of benzene rings is 1. The van der Waals surface area contributed by atoms with Crippen LogP contribution in [-0.4, -0.2) is 4.98 Å². The van der Waals surface area contributed by atoms with Crippen LogP contribution in [0, 0.1) is 10.5 Å². The molecule has 1 N–H and O–H groups in total. The van der Waals surface area contributed by atoms with Crippen LogP contribution in [0.5, 0.6) is 0 Å². The van der Waals surface area contributed by atoms with E-state index in [0.717, 1.165) is 5.56 Å². The average Bonchev–Trinajstić information content (AvgIpc) is 2.19. The molecule has 1 aromatic carbocycles. The van der Waals surface area contributed by atoms with Gasteiger partial charge in [0, 0.05) is 6.20 Å². The molecule has 1 heterocycles. The molecule has 0 aliphatic rings. The molecule has 2 aromatic rings. The van der Waals surface area contributed by atoms with Crippen molar-refractivity contribution in [2.24, 2.45) is 0 Å². The van der Waals surface area contributed by atoms with E-state index in [0.29, 0.717) is 10.1 Å². The van der Waals surface area contributed by atoms with Crippen LogP contribution in [0.4, 0.5) is 4.39 Å². The van der Waals surface area contributed by atoms with E-state index in [1.807, 2.05) is 30.3 Å². The van der Waals surface area contributed by atoms with Gasteiger partial charge in [0.05, 0.1) is 10.1 Å². The Kier molecular flexibility index (Phi) is 2.41. The fourth-order valence-corrected chi connectivity index (χ4v) is 1.60. The van der Waals surface area contributed by atoms with Gasteiger partial charge in [0.25, 0.3) is 0 Å². The standard InChI is InChI=1S/C11H8FNS/c12-11-10(9(14)6-7-13-11)8-4-2-1-3-5-8/h1-7H,(H,13,14). The minimum absolute atomic E-state index is 0.385. The van der Waals surface area contributed by atoms with E-state index in [4.69, 9.17) is 12.2 Å². The third-order valence-corrected chi connectivity index (χ3v) is 2.31. The zero-order valence-electron chi connectivity index (χ0n) is 7.33. The number of rotatable bonds is 1. The van der Waals surface area contributed by atoms with Gasteiger partial charge in [-0.15, -0.1) is 0 Å². The fourth-order valence-electron chi connectivity index (χ4n) is 1.33. The Labute approximate surface area is 86.2 Å². The number of nitrogens with one attached hydrogen (secondary N) is 1. The molecule has 1 aromatic heterocycles. The molecule has 3 heteroatoms. The molecule has 0 saturated carbocycles. The van der Waals surface area contributed by atoms with Crippen LogP contribution in [-0.2, 0) is 0 Å². The zero-order valence-corrected chi connectivity index (χ0v) is 8.14. The number of H-pyrrole nitrogens is 1. The average molecular weight is 205 g/mol. The molecular formula is C11H8FNS. The van der Waals surface area contributed by atoms with Gasteiger partial charge in [0.2, 0.25) is 0 Å². The largest absolute Gasteiger partial charge is 0.338 e. The van der Waals surface area contributed by atoms with E-state index in [-0.39, 0.29) is 5.95 Å². The molecule has 0 atom stereocenters. The highest BCUT2D eigenvalue weighted by atomic mass is 32.1. The van der Waals surface area contributed by atoms with E-state index in [9.17, 15) is 4.39 Å². The van der Waals surface area contributed by atoms with E-state index < -0.39 is 0 Å². The summed E-state index contributed by atoms with van der Waals surface area (Å²) in [6.45, 7) is 0.